The zero-order chi connectivity index (χ0) is 12.5. The zero-order valence-electron chi connectivity index (χ0n) is 9.46. The molecule has 2 heterocycles. The number of rotatable bonds is 1. The van der Waals surface area contributed by atoms with Crippen LogP contribution in [0.4, 0.5) is 0 Å². The van der Waals surface area contributed by atoms with Gasteiger partial charge < -0.3 is 4.98 Å². The van der Waals surface area contributed by atoms with E-state index in [2.05, 4.69) is 4.98 Å². The van der Waals surface area contributed by atoms with E-state index in [0.29, 0.717) is 11.0 Å². The Kier molecular flexibility index (Phi) is 2.34. The van der Waals surface area contributed by atoms with Crippen molar-refractivity contribution in [2.24, 2.45) is 0 Å². The van der Waals surface area contributed by atoms with Crippen LogP contribution in [-0.4, -0.2) is 9.38 Å². The molecule has 0 atom stereocenters. The number of hydrogen-bond donors (Lipinski definition) is 1. The monoisotopic (exact) mass is 238 g/mol. The molecule has 4 nitrogen and oxygen atoms in total. The highest BCUT2D eigenvalue weighted by molar-refractivity contribution is 5.49. The van der Waals surface area contributed by atoms with Gasteiger partial charge in [-0.05, 0) is 11.6 Å². The summed E-state index contributed by atoms with van der Waals surface area (Å²) in [5.74, 6) is 0. The van der Waals surface area contributed by atoms with E-state index >= 15 is 0 Å². The second-order valence-corrected chi connectivity index (χ2v) is 4.02. The molecule has 0 spiro atoms. The molecule has 0 saturated heterocycles. The van der Waals surface area contributed by atoms with Gasteiger partial charge in [-0.2, -0.15) is 0 Å². The summed E-state index contributed by atoms with van der Waals surface area (Å²) in [6, 6.07) is 12.3. The summed E-state index contributed by atoms with van der Waals surface area (Å²) in [5.41, 5.74) is 1.16. The summed E-state index contributed by atoms with van der Waals surface area (Å²) in [7, 11) is 0. The number of imidazole rings is 1. The van der Waals surface area contributed by atoms with Crippen molar-refractivity contribution in [1.29, 1.82) is 0 Å². The molecule has 0 aliphatic heterocycles. The molecule has 0 amide bonds. The van der Waals surface area contributed by atoms with Crippen LogP contribution in [-0.2, 0) is 0 Å². The van der Waals surface area contributed by atoms with Crippen molar-refractivity contribution in [3.05, 3.63) is 80.2 Å². The Morgan fingerprint density at radius 3 is 2.61 bits per heavy atom. The Hall–Kier alpha value is -2.62. The zero-order valence-corrected chi connectivity index (χ0v) is 9.46. The third-order valence-electron chi connectivity index (χ3n) is 2.75. The van der Waals surface area contributed by atoms with Crippen LogP contribution >= 0.6 is 0 Å². The third-order valence-corrected chi connectivity index (χ3v) is 2.75. The molecule has 0 saturated carbocycles. The molecule has 1 aromatic carbocycles. The molecule has 0 radical (unpaired) electrons. The minimum absolute atomic E-state index is 0.123. The standard InChI is InChI=1S/C14H10N2O2/c17-11-6-7-16-13(9-11)15-12(14(16)18)8-10-4-2-1-3-5-10/h1-9,15H/b12-8-. The highest BCUT2D eigenvalue weighted by atomic mass is 16.1. The average Bonchev–Trinajstić information content (AvgIpc) is 2.67. The number of pyridine rings is 1. The van der Waals surface area contributed by atoms with Gasteiger partial charge in [-0.3, -0.25) is 14.0 Å². The molecule has 18 heavy (non-hydrogen) atoms. The number of benzene rings is 1. The summed E-state index contributed by atoms with van der Waals surface area (Å²) >= 11 is 0. The molecule has 3 aromatic rings. The van der Waals surface area contributed by atoms with E-state index in [1.165, 1.54) is 22.7 Å². The Morgan fingerprint density at radius 1 is 1.06 bits per heavy atom. The van der Waals surface area contributed by atoms with Crippen molar-refractivity contribution in [3.63, 3.8) is 0 Å². The summed E-state index contributed by atoms with van der Waals surface area (Å²) in [6.45, 7) is 0. The predicted molar refractivity (Wildman–Crippen MR) is 69.5 cm³/mol. The van der Waals surface area contributed by atoms with Crippen LogP contribution in [0.3, 0.4) is 0 Å². The molecule has 2 aromatic heterocycles. The van der Waals surface area contributed by atoms with Gasteiger partial charge in [0, 0.05) is 18.3 Å². The molecule has 88 valence electrons. The van der Waals surface area contributed by atoms with Gasteiger partial charge in [-0.25, -0.2) is 0 Å². The second kappa shape index (κ2) is 4.00. The van der Waals surface area contributed by atoms with Crippen molar-refractivity contribution < 1.29 is 0 Å². The van der Waals surface area contributed by atoms with Crippen LogP contribution < -0.4 is 16.3 Å². The van der Waals surface area contributed by atoms with E-state index in [9.17, 15) is 9.59 Å². The normalized spacial score (nSPS) is 12.1. The van der Waals surface area contributed by atoms with Crippen LogP contribution in [0.2, 0.25) is 0 Å². The minimum atomic E-state index is -0.158. The summed E-state index contributed by atoms with van der Waals surface area (Å²) in [4.78, 5) is 26.2. The van der Waals surface area contributed by atoms with E-state index in [-0.39, 0.29) is 11.0 Å². The van der Waals surface area contributed by atoms with Crippen LogP contribution in [0.1, 0.15) is 5.56 Å². The Bertz CT molecular complexity index is 860. The van der Waals surface area contributed by atoms with Crippen LogP contribution in [0.5, 0.6) is 0 Å². The lowest BCUT2D eigenvalue weighted by molar-refractivity contribution is 1.12. The first-order chi connectivity index (χ1) is 8.74. The van der Waals surface area contributed by atoms with Crippen molar-refractivity contribution in [3.8, 4) is 0 Å². The molecule has 0 aliphatic rings. The van der Waals surface area contributed by atoms with Gasteiger partial charge >= 0.3 is 0 Å². The lowest BCUT2D eigenvalue weighted by Crippen LogP contribution is -2.25. The molecule has 1 N–H and O–H groups in total. The lowest BCUT2D eigenvalue weighted by atomic mass is 10.2. The number of nitrogens with one attached hydrogen (secondary N) is 1. The Morgan fingerprint density at radius 2 is 1.83 bits per heavy atom. The first-order valence-corrected chi connectivity index (χ1v) is 5.55. The highest BCUT2D eigenvalue weighted by Gasteiger charge is 2.01. The van der Waals surface area contributed by atoms with Crippen molar-refractivity contribution in [1.82, 2.24) is 9.38 Å². The van der Waals surface area contributed by atoms with Crippen molar-refractivity contribution in [2.75, 3.05) is 0 Å². The fraction of sp³-hybridized carbons (Fsp3) is 0. The maximum absolute atomic E-state index is 12.0. The summed E-state index contributed by atoms with van der Waals surface area (Å²) < 4.78 is 1.43. The first-order valence-electron chi connectivity index (χ1n) is 5.55. The lowest BCUT2D eigenvalue weighted by Gasteiger charge is -1.87. The van der Waals surface area contributed by atoms with Crippen molar-refractivity contribution >= 4 is 11.7 Å². The fourth-order valence-corrected chi connectivity index (χ4v) is 1.89. The van der Waals surface area contributed by atoms with Gasteiger partial charge in [-0.15, -0.1) is 0 Å². The van der Waals surface area contributed by atoms with E-state index in [4.69, 9.17) is 0 Å². The number of H-pyrrole nitrogens is 1. The largest absolute Gasteiger partial charge is 0.337 e. The molecular formula is C14H10N2O2. The second-order valence-electron chi connectivity index (χ2n) is 4.02. The Labute approximate surface area is 102 Å². The molecule has 4 heteroatoms. The van der Waals surface area contributed by atoms with E-state index in [1.807, 2.05) is 30.3 Å². The minimum Gasteiger partial charge on any atom is -0.337 e. The average molecular weight is 238 g/mol. The molecule has 0 aliphatic carbocycles. The van der Waals surface area contributed by atoms with Crippen LogP contribution in [0, 0.1) is 0 Å². The van der Waals surface area contributed by atoms with Gasteiger partial charge in [-0.1, -0.05) is 30.3 Å². The molecule has 0 unspecified atom stereocenters. The third kappa shape index (κ3) is 1.73. The number of aromatic amines is 1. The van der Waals surface area contributed by atoms with Gasteiger partial charge in [0.15, 0.2) is 5.43 Å². The summed E-state index contributed by atoms with van der Waals surface area (Å²) in [6.07, 6.45) is 3.25. The smallest absolute Gasteiger partial charge is 0.279 e. The first kappa shape index (κ1) is 10.5. The van der Waals surface area contributed by atoms with E-state index in [0.717, 1.165) is 5.56 Å². The maximum Gasteiger partial charge on any atom is 0.279 e. The highest BCUT2D eigenvalue weighted by Crippen LogP contribution is 1.97. The molecular weight excluding hydrogens is 228 g/mol. The van der Waals surface area contributed by atoms with E-state index < -0.39 is 0 Å². The molecule has 3 rings (SSSR count). The SMILES string of the molecule is O=c1ccn2c(=O)/c(=C/c3ccccc3)[nH]c2c1. The topological polar surface area (TPSA) is 54.3 Å². The van der Waals surface area contributed by atoms with Gasteiger partial charge in [0.2, 0.25) is 0 Å². The fourth-order valence-electron chi connectivity index (χ4n) is 1.89. The maximum atomic E-state index is 12.0. The molecule has 0 fully saturated rings. The van der Waals surface area contributed by atoms with E-state index in [1.54, 1.807) is 6.08 Å². The van der Waals surface area contributed by atoms with Crippen molar-refractivity contribution in [2.45, 2.75) is 0 Å². The van der Waals surface area contributed by atoms with Gasteiger partial charge in [0.1, 0.15) is 11.0 Å². The Balaban J connectivity index is 2.31. The van der Waals surface area contributed by atoms with Gasteiger partial charge in [0.25, 0.3) is 5.56 Å². The van der Waals surface area contributed by atoms with Crippen LogP contribution in [0.25, 0.3) is 11.7 Å². The van der Waals surface area contributed by atoms with Crippen LogP contribution in [0.15, 0.2) is 58.3 Å². The number of fused-ring (bicyclic) bond motifs is 1. The predicted octanol–water partition coefficient (Wildman–Crippen LogP) is 0.535. The molecule has 0 bridgehead atoms. The number of hydrogen-bond acceptors (Lipinski definition) is 2. The number of nitrogens with zero attached hydrogens (tertiary/aromatic N) is 1. The van der Waals surface area contributed by atoms with Gasteiger partial charge in [0.05, 0.1) is 0 Å². The quantitative estimate of drug-likeness (QED) is 0.672. The number of aromatic nitrogens is 2. The summed E-state index contributed by atoms with van der Waals surface area (Å²) in [5, 5.41) is 0.465.